The third kappa shape index (κ3) is 2.69. The topological polar surface area (TPSA) is 42.2 Å². The fraction of sp³-hybridized carbons (Fsp3) is 0.636. The fourth-order valence-electron chi connectivity index (χ4n) is 1.86. The monoisotopic (exact) mass is 227 g/mol. The van der Waals surface area contributed by atoms with Crippen molar-refractivity contribution < 1.29 is 8.63 Å². The zero-order valence-electron chi connectivity index (χ0n) is 9.16. The number of hydrogen-bond donors (Lipinski definition) is 1. The molecule has 1 aliphatic heterocycles. The van der Waals surface area contributed by atoms with E-state index >= 15 is 0 Å². The zero-order chi connectivity index (χ0) is 10.8. The Labute approximate surface area is 92.7 Å². The molecule has 15 heavy (non-hydrogen) atoms. The Morgan fingerprint density at radius 3 is 3.00 bits per heavy atom. The highest BCUT2D eigenvalue weighted by atomic mass is 32.2. The molecule has 0 aromatic carbocycles. The first kappa shape index (κ1) is 10.9. The lowest BCUT2D eigenvalue weighted by Gasteiger charge is -2.16. The Balaban J connectivity index is 2.16. The first-order valence-electron chi connectivity index (χ1n) is 5.32. The number of hydrogen-bond acceptors (Lipinski definition) is 3. The molecule has 0 bridgehead atoms. The van der Waals surface area contributed by atoms with Gasteiger partial charge in [0.05, 0.1) is 6.04 Å². The number of nitrogens with one attached hydrogen (secondary N) is 1. The second-order valence-electron chi connectivity index (χ2n) is 4.17. The normalized spacial score (nSPS) is 32.5. The molecule has 0 saturated carbocycles. The van der Waals surface area contributed by atoms with Crippen molar-refractivity contribution in [3.05, 3.63) is 23.7 Å². The van der Waals surface area contributed by atoms with E-state index in [0.29, 0.717) is 11.8 Å². The van der Waals surface area contributed by atoms with E-state index in [1.807, 2.05) is 19.1 Å². The molecule has 2 heterocycles. The predicted molar refractivity (Wildman–Crippen MR) is 61.3 cm³/mol. The van der Waals surface area contributed by atoms with Crippen LogP contribution in [-0.2, 0) is 10.8 Å². The van der Waals surface area contributed by atoms with Crippen LogP contribution in [0.1, 0.15) is 30.9 Å². The van der Waals surface area contributed by atoms with Crippen molar-refractivity contribution in [2.45, 2.75) is 32.4 Å². The molecule has 2 rings (SSSR count). The minimum atomic E-state index is -0.722. The maximum Gasteiger partial charge on any atom is 0.122 e. The Hall–Kier alpha value is -0.610. The Bertz CT molecular complexity index is 361. The summed E-state index contributed by atoms with van der Waals surface area (Å²) in [7, 11) is -0.722. The van der Waals surface area contributed by atoms with Crippen molar-refractivity contribution in [3.63, 3.8) is 0 Å². The summed E-state index contributed by atoms with van der Waals surface area (Å²) in [5, 5.41) is 3.45. The molecule has 0 aliphatic carbocycles. The van der Waals surface area contributed by atoms with Gasteiger partial charge in [-0.1, -0.05) is 0 Å². The van der Waals surface area contributed by atoms with E-state index in [1.54, 1.807) is 0 Å². The second kappa shape index (κ2) is 4.49. The molecule has 0 spiro atoms. The average molecular weight is 227 g/mol. The third-order valence-corrected chi connectivity index (χ3v) is 4.12. The van der Waals surface area contributed by atoms with Crippen LogP contribution in [0.15, 0.2) is 16.5 Å². The van der Waals surface area contributed by atoms with E-state index in [1.165, 1.54) is 0 Å². The summed E-state index contributed by atoms with van der Waals surface area (Å²) in [6.07, 6.45) is 0.975. The van der Waals surface area contributed by atoms with Gasteiger partial charge in [0.2, 0.25) is 0 Å². The van der Waals surface area contributed by atoms with Crippen molar-refractivity contribution in [2.24, 2.45) is 0 Å². The maximum atomic E-state index is 11.6. The minimum absolute atomic E-state index is 0.108. The van der Waals surface area contributed by atoms with Gasteiger partial charge < -0.3 is 9.73 Å². The Morgan fingerprint density at radius 1 is 1.53 bits per heavy atom. The largest absolute Gasteiger partial charge is 0.465 e. The quantitative estimate of drug-likeness (QED) is 0.795. The van der Waals surface area contributed by atoms with Crippen LogP contribution >= 0.6 is 0 Å². The molecule has 3 nitrogen and oxygen atoms in total. The van der Waals surface area contributed by atoms with E-state index < -0.39 is 10.8 Å². The average Bonchev–Trinajstić information content (AvgIpc) is 2.53. The standard InChI is InChI=1S/C11H17NO2S/c1-8-5-6-15(13)7-10(12-8)11-4-3-9(2)14-11/h3-4,8,10,12H,5-7H2,1-2H3. The van der Waals surface area contributed by atoms with Crippen LogP contribution in [0.25, 0.3) is 0 Å². The van der Waals surface area contributed by atoms with E-state index in [9.17, 15) is 4.21 Å². The van der Waals surface area contributed by atoms with Gasteiger partial charge in [0, 0.05) is 28.3 Å². The highest BCUT2D eigenvalue weighted by Gasteiger charge is 2.23. The van der Waals surface area contributed by atoms with Crippen LogP contribution in [0, 0.1) is 6.92 Å². The molecule has 1 aromatic heterocycles. The molecule has 3 unspecified atom stereocenters. The van der Waals surface area contributed by atoms with Crippen molar-refractivity contribution in [2.75, 3.05) is 11.5 Å². The van der Waals surface area contributed by atoms with Crippen LogP contribution < -0.4 is 5.32 Å². The SMILES string of the molecule is Cc1ccc(C2CS(=O)CCC(C)N2)o1. The van der Waals surface area contributed by atoms with Crippen molar-refractivity contribution in [3.8, 4) is 0 Å². The summed E-state index contributed by atoms with van der Waals surface area (Å²) in [5.41, 5.74) is 0. The molecular weight excluding hydrogens is 210 g/mol. The molecule has 1 fully saturated rings. The summed E-state index contributed by atoms with van der Waals surface area (Å²) in [5.74, 6) is 3.28. The molecule has 84 valence electrons. The number of rotatable bonds is 1. The van der Waals surface area contributed by atoms with Gasteiger partial charge >= 0.3 is 0 Å². The summed E-state index contributed by atoms with van der Waals surface area (Å²) in [6.45, 7) is 4.06. The van der Waals surface area contributed by atoms with Crippen LogP contribution in [0.4, 0.5) is 0 Å². The van der Waals surface area contributed by atoms with Gasteiger partial charge in [0.25, 0.3) is 0 Å². The van der Waals surface area contributed by atoms with Gasteiger partial charge in [0.15, 0.2) is 0 Å². The molecule has 1 saturated heterocycles. The Kier molecular flexibility index (Phi) is 3.26. The summed E-state index contributed by atoms with van der Waals surface area (Å²) < 4.78 is 17.2. The first-order chi connectivity index (χ1) is 7.15. The number of aryl methyl sites for hydroxylation is 1. The van der Waals surface area contributed by atoms with E-state index in [-0.39, 0.29) is 6.04 Å². The lowest BCUT2D eigenvalue weighted by molar-refractivity contribution is 0.393. The molecular formula is C11H17NO2S. The molecule has 1 N–H and O–H groups in total. The van der Waals surface area contributed by atoms with Crippen molar-refractivity contribution >= 4 is 10.8 Å². The molecule has 3 atom stereocenters. The second-order valence-corrected chi connectivity index (χ2v) is 5.79. The molecule has 0 amide bonds. The zero-order valence-corrected chi connectivity index (χ0v) is 9.97. The fourth-order valence-corrected chi connectivity index (χ4v) is 3.27. The van der Waals surface area contributed by atoms with Gasteiger partial charge in [-0.2, -0.15) is 0 Å². The van der Waals surface area contributed by atoms with Gasteiger partial charge in [-0.05, 0) is 32.4 Å². The molecule has 0 radical (unpaired) electrons. The highest BCUT2D eigenvalue weighted by Crippen LogP contribution is 2.20. The third-order valence-electron chi connectivity index (χ3n) is 2.72. The van der Waals surface area contributed by atoms with E-state index in [0.717, 1.165) is 23.7 Å². The Morgan fingerprint density at radius 2 is 2.33 bits per heavy atom. The minimum Gasteiger partial charge on any atom is -0.465 e. The van der Waals surface area contributed by atoms with Gasteiger partial charge in [-0.3, -0.25) is 4.21 Å². The van der Waals surface area contributed by atoms with E-state index in [4.69, 9.17) is 4.42 Å². The van der Waals surface area contributed by atoms with Crippen LogP contribution in [0.2, 0.25) is 0 Å². The van der Waals surface area contributed by atoms with Crippen molar-refractivity contribution in [1.82, 2.24) is 5.32 Å². The summed E-state index contributed by atoms with van der Waals surface area (Å²) in [6, 6.07) is 4.45. The predicted octanol–water partition coefficient (Wildman–Crippen LogP) is 1.76. The molecule has 1 aromatic rings. The summed E-state index contributed by atoms with van der Waals surface area (Å²) in [4.78, 5) is 0. The lowest BCUT2D eigenvalue weighted by Crippen LogP contribution is -2.30. The maximum absolute atomic E-state index is 11.6. The lowest BCUT2D eigenvalue weighted by atomic mass is 10.2. The summed E-state index contributed by atoms with van der Waals surface area (Å²) >= 11 is 0. The van der Waals surface area contributed by atoms with Gasteiger partial charge in [-0.25, -0.2) is 0 Å². The van der Waals surface area contributed by atoms with Gasteiger partial charge in [0.1, 0.15) is 11.5 Å². The van der Waals surface area contributed by atoms with Crippen molar-refractivity contribution in [1.29, 1.82) is 0 Å². The van der Waals surface area contributed by atoms with E-state index in [2.05, 4.69) is 12.2 Å². The first-order valence-corrected chi connectivity index (χ1v) is 6.81. The molecule has 4 heteroatoms. The highest BCUT2D eigenvalue weighted by molar-refractivity contribution is 7.85. The van der Waals surface area contributed by atoms with Crippen LogP contribution in [0.5, 0.6) is 0 Å². The smallest absolute Gasteiger partial charge is 0.122 e. The van der Waals surface area contributed by atoms with Crippen LogP contribution in [0.3, 0.4) is 0 Å². The number of furan rings is 1. The van der Waals surface area contributed by atoms with Crippen LogP contribution in [-0.4, -0.2) is 21.8 Å². The molecule has 1 aliphatic rings. The van der Waals surface area contributed by atoms with Gasteiger partial charge in [-0.15, -0.1) is 0 Å².